The van der Waals surface area contributed by atoms with E-state index < -0.39 is 17.7 Å². The fraction of sp³-hybridized carbons (Fsp3) is 0.381. The summed E-state index contributed by atoms with van der Waals surface area (Å²) in [7, 11) is 0. The molecule has 1 aromatic carbocycles. The molecule has 0 saturated heterocycles. The molecule has 10 nitrogen and oxygen atoms in total. The molecule has 0 unspecified atom stereocenters. The first kappa shape index (κ1) is 21.0. The SMILES string of the molecule is O=C(OCc1ccc(F)c(F)c1)N1CCc2cc(C(=O)N3CCc4[nH]nnc4C3)nn2CC1. The van der Waals surface area contributed by atoms with E-state index in [1.165, 1.54) is 11.0 Å². The van der Waals surface area contributed by atoms with Crippen molar-refractivity contribution in [2.24, 2.45) is 0 Å². The highest BCUT2D eigenvalue weighted by Crippen LogP contribution is 2.18. The molecule has 2 aliphatic rings. The summed E-state index contributed by atoms with van der Waals surface area (Å²) < 4.78 is 33.3. The van der Waals surface area contributed by atoms with Gasteiger partial charge < -0.3 is 14.5 Å². The molecule has 2 aliphatic heterocycles. The summed E-state index contributed by atoms with van der Waals surface area (Å²) in [5, 5.41) is 15.1. The van der Waals surface area contributed by atoms with Crippen molar-refractivity contribution in [1.82, 2.24) is 35.0 Å². The summed E-state index contributed by atoms with van der Waals surface area (Å²) in [4.78, 5) is 28.6. The highest BCUT2D eigenvalue weighted by atomic mass is 19.2. The molecule has 2 amide bonds. The number of H-pyrrole nitrogens is 1. The topological polar surface area (TPSA) is 109 Å². The number of hydrogen-bond acceptors (Lipinski definition) is 6. The van der Waals surface area contributed by atoms with Crippen molar-refractivity contribution in [3.8, 4) is 0 Å². The molecule has 0 saturated carbocycles. The van der Waals surface area contributed by atoms with E-state index in [1.54, 1.807) is 15.6 Å². The molecule has 2 aromatic heterocycles. The zero-order chi connectivity index (χ0) is 22.9. The van der Waals surface area contributed by atoms with Gasteiger partial charge in [-0.15, -0.1) is 5.10 Å². The van der Waals surface area contributed by atoms with Gasteiger partial charge in [-0.05, 0) is 23.8 Å². The van der Waals surface area contributed by atoms with Crippen LogP contribution in [0, 0.1) is 11.6 Å². The lowest BCUT2D eigenvalue weighted by molar-refractivity contribution is 0.0723. The van der Waals surface area contributed by atoms with Crippen LogP contribution < -0.4 is 0 Å². The maximum absolute atomic E-state index is 13.3. The number of halogens is 2. The Morgan fingerprint density at radius 1 is 1.03 bits per heavy atom. The lowest BCUT2D eigenvalue weighted by Crippen LogP contribution is -2.36. The molecular formula is C21H21F2N7O3. The van der Waals surface area contributed by atoms with Gasteiger partial charge in [0.05, 0.1) is 18.8 Å². The summed E-state index contributed by atoms with van der Waals surface area (Å²) >= 11 is 0. The van der Waals surface area contributed by atoms with E-state index in [4.69, 9.17) is 4.74 Å². The van der Waals surface area contributed by atoms with Crippen molar-refractivity contribution >= 4 is 12.0 Å². The summed E-state index contributed by atoms with van der Waals surface area (Å²) in [6, 6.07) is 5.13. The number of fused-ring (bicyclic) bond motifs is 2. The molecule has 172 valence electrons. The van der Waals surface area contributed by atoms with Crippen LogP contribution in [-0.2, 0) is 37.3 Å². The average Bonchev–Trinajstić information content (AvgIpc) is 3.41. The third-order valence-electron chi connectivity index (χ3n) is 5.87. The molecule has 0 radical (unpaired) electrons. The van der Waals surface area contributed by atoms with Gasteiger partial charge in [0.25, 0.3) is 5.91 Å². The number of nitrogens with zero attached hydrogens (tertiary/aromatic N) is 6. The Kier molecular flexibility index (Phi) is 5.48. The maximum Gasteiger partial charge on any atom is 0.410 e. The van der Waals surface area contributed by atoms with Crippen molar-refractivity contribution in [3.05, 3.63) is 64.2 Å². The predicted octanol–water partition coefficient (Wildman–Crippen LogP) is 1.67. The second-order valence-corrected chi connectivity index (χ2v) is 8.00. The van der Waals surface area contributed by atoms with Gasteiger partial charge in [-0.1, -0.05) is 11.3 Å². The second kappa shape index (κ2) is 8.60. The molecule has 0 atom stereocenters. The summed E-state index contributed by atoms with van der Waals surface area (Å²) in [6.45, 7) is 1.96. The third kappa shape index (κ3) is 4.28. The molecule has 1 N–H and O–H groups in total. The first-order valence-corrected chi connectivity index (χ1v) is 10.6. The van der Waals surface area contributed by atoms with Crippen LogP contribution in [0.25, 0.3) is 0 Å². The standard InChI is InChI=1S/C21H21F2N7O3/c22-15-2-1-13(9-16(15)23)12-33-21(32)28-5-3-14-10-18(26-30(14)8-7-28)20(31)29-6-4-17-19(11-29)25-27-24-17/h1-2,9-10H,3-8,11-12H2,(H,24,25,27). The van der Waals surface area contributed by atoms with Gasteiger partial charge in [0.1, 0.15) is 12.3 Å². The first-order chi connectivity index (χ1) is 16.0. The molecule has 0 spiro atoms. The quantitative estimate of drug-likeness (QED) is 0.641. The van der Waals surface area contributed by atoms with Gasteiger partial charge in [0, 0.05) is 38.2 Å². The minimum atomic E-state index is -0.986. The molecule has 5 rings (SSSR count). The van der Waals surface area contributed by atoms with E-state index in [1.807, 2.05) is 0 Å². The minimum absolute atomic E-state index is 0.154. The lowest BCUT2D eigenvalue weighted by Gasteiger charge is -2.24. The number of aromatic amines is 1. The number of amides is 2. The van der Waals surface area contributed by atoms with Crippen LogP contribution in [0.15, 0.2) is 24.3 Å². The highest BCUT2D eigenvalue weighted by Gasteiger charge is 2.28. The zero-order valence-corrected chi connectivity index (χ0v) is 17.6. The lowest BCUT2D eigenvalue weighted by atomic mass is 10.1. The van der Waals surface area contributed by atoms with Crippen LogP contribution in [0.3, 0.4) is 0 Å². The molecule has 0 bridgehead atoms. The third-order valence-corrected chi connectivity index (χ3v) is 5.87. The van der Waals surface area contributed by atoms with E-state index in [2.05, 4.69) is 20.5 Å². The molecule has 0 fully saturated rings. The monoisotopic (exact) mass is 457 g/mol. The first-order valence-electron chi connectivity index (χ1n) is 10.6. The Morgan fingerprint density at radius 3 is 2.73 bits per heavy atom. The van der Waals surface area contributed by atoms with Gasteiger partial charge in [0.2, 0.25) is 0 Å². The van der Waals surface area contributed by atoms with Crippen LogP contribution in [0.4, 0.5) is 13.6 Å². The summed E-state index contributed by atoms with van der Waals surface area (Å²) in [5.41, 5.74) is 3.31. The number of benzene rings is 1. The molecule has 0 aliphatic carbocycles. The largest absolute Gasteiger partial charge is 0.445 e. The predicted molar refractivity (Wildman–Crippen MR) is 109 cm³/mol. The molecular weight excluding hydrogens is 436 g/mol. The Balaban J connectivity index is 1.18. The minimum Gasteiger partial charge on any atom is -0.445 e. The van der Waals surface area contributed by atoms with Gasteiger partial charge in [-0.2, -0.15) is 5.10 Å². The van der Waals surface area contributed by atoms with Gasteiger partial charge >= 0.3 is 6.09 Å². The maximum atomic E-state index is 13.3. The van der Waals surface area contributed by atoms with Crippen LogP contribution in [0.5, 0.6) is 0 Å². The number of aromatic nitrogens is 5. The average molecular weight is 457 g/mol. The van der Waals surface area contributed by atoms with Crippen molar-refractivity contribution in [1.29, 1.82) is 0 Å². The summed E-state index contributed by atoms with van der Waals surface area (Å²) in [5.74, 6) is -2.10. The highest BCUT2D eigenvalue weighted by molar-refractivity contribution is 5.92. The number of rotatable bonds is 3. The zero-order valence-electron chi connectivity index (χ0n) is 17.6. The van der Waals surface area contributed by atoms with Crippen molar-refractivity contribution < 1.29 is 23.1 Å². The van der Waals surface area contributed by atoms with Crippen LogP contribution in [0.2, 0.25) is 0 Å². The normalized spacial score (nSPS) is 15.6. The van der Waals surface area contributed by atoms with E-state index in [-0.39, 0.29) is 12.5 Å². The van der Waals surface area contributed by atoms with Crippen molar-refractivity contribution in [2.45, 2.75) is 32.5 Å². The fourth-order valence-electron chi connectivity index (χ4n) is 4.02. The van der Waals surface area contributed by atoms with E-state index in [9.17, 15) is 18.4 Å². The molecule has 4 heterocycles. The van der Waals surface area contributed by atoms with Gasteiger partial charge in [0.15, 0.2) is 17.3 Å². The van der Waals surface area contributed by atoms with E-state index >= 15 is 0 Å². The fourth-order valence-corrected chi connectivity index (χ4v) is 4.02. The van der Waals surface area contributed by atoms with Gasteiger partial charge in [-0.25, -0.2) is 13.6 Å². The Labute approximate surface area is 187 Å². The Hall–Kier alpha value is -3.83. The van der Waals surface area contributed by atoms with Crippen LogP contribution in [0.1, 0.15) is 33.1 Å². The number of hydrogen-bond donors (Lipinski definition) is 1. The van der Waals surface area contributed by atoms with Crippen LogP contribution >= 0.6 is 0 Å². The second-order valence-electron chi connectivity index (χ2n) is 8.00. The van der Waals surface area contributed by atoms with Crippen LogP contribution in [-0.4, -0.2) is 66.6 Å². The Morgan fingerprint density at radius 2 is 1.88 bits per heavy atom. The van der Waals surface area contributed by atoms with E-state index in [0.29, 0.717) is 56.8 Å². The number of nitrogens with one attached hydrogen (secondary N) is 1. The molecule has 3 aromatic rings. The van der Waals surface area contributed by atoms with Crippen molar-refractivity contribution in [3.63, 3.8) is 0 Å². The Bertz CT molecular complexity index is 1180. The van der Waals surface area contributed by atoms with E-state index in [0.717, 1.165) is 29.2 Å². The van der Waals surface area contributed by atoms with Gasteiger partial charge in [-0.3, -0.25) is 14.6 Å². The number of carbonyl (C=O) groups excluding carboxylic acids is 2. The number of ether oxygens (including phenoxy) is 1. The smallest absolute Gasteiger partial charge is 0.410 e. The molecule has 12 heteroatoms. The summed E-state index contributed by atoms with van der Waals surface area (Å²) in [6.07, 6.45) is 0.635. The number of carbonyl (C=O) groups is 2. The molecule has 33 heavy (non-hydrogen) atoms. The van der Waals surface area contributed by atoms with Crippen molar-refractivity contribution in [2.75, 3.05) is 19.6 Å².